The molecular weight excluding hydrogens is 324 g/mol. The standard InChI is InChI=1S/C18H23ClN4O/c1-2-20-18(22-12-10-16-5-3-4-11-21-16)23-13-14-24-17-8-6-15(19)7-9-17/h3-9,11H,2,10,12-14H2,1H3,(H2,20,22,23). The summed E-state index contributed by atoms with van der Waals surface area (Å²) in [6.45, 7) is 4.75. The molecule has 24 heavy (non-hydrogen) atoms. The molecule has 0 atom stereocenters. The molecule has 2 rings (SSSR count). The summed E-state index contributed by atoms with van der Waals surface area (Å²) in [5.41, 5.74) is 1.04. The lowest BCUT2D eigenvalue weighted by atomic mass is 10.3. The molecule has 5 nitrogen and oxygen atoms in total. The molecule has 0 aliphatic heterocycles. The van der Waals surface area contributed by atoms with Crippen LogP contribution in [-0.2, 0) is 6.42 Å². The molecular formula is C18H23ClN4O. The summed E-state index contributed by atoms with van der Waals surface area (Å²) < 4.78 is 5.65. The van der Waals surface area contributed by atoms with E-state index in [1.807, 2.05) is 49.4 Å². The number of aliphatic imine (C=N–C) groups is 1. The maximum Gasteiger partial charge on any atom is 0.191 e. The molecule has 0 aliphatic rings. The first-order chi connectivity index (χ1) is 11.8. The molecule has 0 aliphatic carbocycles. The van der Waals surface area contributed by atoms with Crippen LogP contribution in [0, 0.1) is 0 Å². The van der Waals surface area contributed by atoms with Gasteiger partial charge < -0.3 is 15.4 Å². The minimum Gasteiger partial charge on any atom is -0.492 e. The van der Waals surface area contributed by atoms with Crippen LogP contribution < -0.4 is 15.4 Å². The second kappa shape index (κ2) is 10.5. The Bertz CT molecular complexity index is 617. The van der Waals surface area contributed by atoms with Gasteiger partial charge in [-0.15, -0.1) is 0 Å². The van der Waals surface area contributed by atoms with Gasteiger partial charge in [0.25, 0.3) is 0 Å². The highest BCUT2D eigenvalue weighted by Gasteiger charge is 1.99. The van der Waals surface area contributed by atoms with Crippen LogP contribution in [0.4, 0.5) is 0 Å². The van der Waals surface area contributed by atoms with Crippen LogP contribution in [0.1, 0.15) is 12.6 Å². The van der Waals surface area contributed by atoms with Crippen molar-refractivity contribution < 1.29 is 4.74 Å². The fourth-order valence-corrected chi connectivity index (χ4v) is 2.17. The number of nitrogens with zero attached hydrogens (tertiary/aromatic N) is 2. The molecule has 0 saturated carbocycles. The van der Waals surface area contributed by atoms with Gasteiger partial charge in [-0.05, 0) is 43.3 Å². The zero-order chi connectivity index (χ0) is 17.0. The zero-order valence-corrected chi connectivity index (χ0v) is 14.6. The Morgan fingerprint density at radius 2 is 2.00 bits per heavy atom. The van der Waals surface area contributed by atoms with E-state index in [2.05, 4.69) is 20.6 Å². The lowest BCUT2D eigenvalue weighted by Gasteiger charge is -2.12. The fraction of sp³-hybridized carbons (Fsp3) is 0.333. The quantitative estimate of drug-likeness (QED) is 0.438. The number of ether oxygens (including phenoxy) is 1. The van der Waals surface area contributed by atoms with Crippen LogP contribution in [-0.4, -0.2) is 37.2 Å². The van der Waals surface area contributed by atoms with Gasteiger partial charge in [-0.2, -0.15) is 0 Å². The van der Waals surface area contributed by atoms with Gasteiger partial charge in [0.2, 0.25) is 0 Å². The third-order valence-electron chi connectivity index (χ3n) is 3.19. The van der Waals surface area contributed by atoms with Crippen LogP contribution in [0.2, 0.25) is 5.02 Å². The van der Waals surface area contributed by atoms with E-state index >= 15 is 0 Å². The van der Waals surface area contributed by atoms with E-state index < -0.39 is 0 Å². The molecule has 0 fully saturated rings. The van der Waals surface area contributed by atoms with E-state index in [0.717, 1.165) is 30.4 Å². The highest BCUT2D eigenvalue weighted by Crippen LogP contribution is 2.15. The molecule has 6 heteroatoms. The predicted octanol–water partition coefficient (Wildman–Crippen LogP) is 2.91. The monoisotopic (exact) mass is 346 g/mol. The second-order valence-electron chi connectivity index (χ2n) is 5.06. The average Bonchev–Trinajstić information content (AvgIpc) is 2.61. The summed E-state index contributed by atoms with van der Waals surface area (Å²) in [7, 11) is 0. The molecule has 0 amide bonds. The predicted molar refractivity (Wildman–Crippen MR) is 98.9 cm³/mol. The largest absolute Gasteiger partial charge is 0.492 e. The Kier molecular flexibility index (Phi) is 7.90. The summed E-state index contributed by atoms with van der Waals surface area (Å²) >= 11 is 5.85. The number of rotatable bonds is 8. The Labute approximate surface area is 148 Å². The number of pyridine rings is 1. The minimum absolute atomic E-state index is 0.548. The van der Waals surface area contributed by atoms with E-state index in [-0.39, 0.29) is 0 Å². The van der Waals surface area contributed by atoms with Gasteiger partial charge in [0.15, 0.2) is 5.96 Å². The molecule has 1 aromatic heterocycles. The SMILES string of the molecule is CCNC(=NCCc1ccccn1)NCCOc1ccc(Cl)cc1. The summed E-state index contributed by atoms with van der Waals surface area (Å²) in [5.74, 6) is 1.59. The lowest BCUT2D eigenvalue weighted by Crippen LogP contribution is -2.39. The van der Waals surface area contributed by atoms with Gasteiger partial charge in [0.1, 0.15) is 12.4 Å². The van der Waals surface area contributed by atoms with E-state index in [4.69, 9.17) is 16.3 Å². The van der Waals surface area contributed by atoms with E-state index in [1.54, 1.807) is 6.20 Å². The molecule has 0 saturated heterocycles. The molecule has 128 valence electrons. The fourth-order valence-electron chi connectivity index (χ4n) is 2.04. The summed E-state index contributed by atoms with van der Waals surface area (Å²) in [5, 5.41) is 7.18. The smallest absolute Gasteiger partial charge is 0.191 e. The van der Waals surface area contributed by atoms with Crippen molar-refractivity contribution in [1.29, 1.82) is 0 Å². The summed E-state index contributed by atoms with van der Waals surface area (Å²) in [6, 6.07) is 13.3. The van der Waals surface area contributed by atoms with Crippen molar-refractivity contribution in [1.82, 2.24) is 15.6 Å². The Morgan fingerprint density at radius 3 is 2.71 bits per heavy atom. The number of hydrogen-bond acceptors (Lipinski definition) is 3. The van der Waals surface area contributed by atoms with E-state index in [0.29, 0.717) is 24.7 Å². The summed E-state index contributed by atoms with van der Waals surface area (Å²) in [6.07, 6.45) is 2.62. The van der Waals surface area contributed by atoms with E-state index in [9.17, 15) is 0 Å². The van der Waals surface area contributed by atoms with Crippen molar-refractivity contribution in [2.24, 2.45) is 4.99 Å². The molecule has 1 aromatic carbocycles. The van der Waals surface area contributed by atoms with Crippen LogP contribution in [0.15, 0.2) is 53.7 Å². The van der Waals surface area contributed by atoms with Gasteiger partial charge in [-0.25, -0.2) is 0 Å². The Hall–Kier alpha value is -2.27. The van der Waals surface area contributed by atoms with Crippen LogP contribution in [0.3, 0.4) is 0 Å². The van der Waals surface area contributed by atoms with Crippen molar-refractivity contribution in [2.45, 2.75) is 13.3 Å². The number of aromatic nitrogens is 1. The van der Waals surface area contributed by atoms with Gasteiger partial charge in [0, 0.05) is 36.4 Å². The lowest BCUT2D eigenvalue weighted by molar-refractivity contribution is 0.322. The molecule has 2 N–H and O–H groups in total. The molecule has 0 bridgehead atoms. The van der Waals surface area contributed by atoms with Gasteiger partial charge in [0.05, 0.1) is 6.54 Å². The minimum atomic E-state index is 0.548. The van der Waals surface area contributed by atoms with Gasteiger partial charge in [-0.1, -0.05) is 17.7 Å². The van der Waals surface area contributed by atoms with E-state index in [1.165, 1.54) is 0 Å². The summed E-state index contributed by atoms with van der Waals surface area (Å²) in [4.78, 5) is 8.84. The van der Waals surface area contributed by atoms with Gasteiger partial charge in [-0.3, -0.25) is 9.98 Å². The Balaban J connectivity index is 1.71. The topological polar surface area (TPSA) is 58.5 Å². The number of guanidine groups is 1. The van der Waals surface area contributed by atoms with Crippen molar-refractivity contribution >= 4 is 17.6 Å². The highest BCUT2D eigenvalue weighted by atomic mass is 35.5. The first-order valence-electron chi connectivity index (χ1n) is 8.08. The van der Waals surface area contributed by atoms with Crippen LogP contribution >= 0.6 is 11.6 Å². The molecule has 1 heterocycles. The van der Waals surface area contributed by atoms with Crippen molar-refractivity contribution in [3.63, 3.8) is 0 Å². The second-order valence-corrected chi connectivity index (χ2v) is 5.50. The number of nitrogens with one attached hydrogen (secondary N) is 2. The number of benzene rings is 1. The first kappa shape index (κ1) is 18.1. The zero-order valence-electron chi connectivity index (χ0n) is 13.8. The van der Waals surface area contributed by atoms with Crippen molar-refractivity contribution in [2.75, 3.05) is 26.2 Å². The molecule has 0 unspecified atom stereocenters. The Morgan fingerprint density at radius 1 is 1.17 bits per heavy atom. The molecule has 0 radical (unpaired) electrons. The first-order valence-corrected chi connectivity index (χ1v) is 8.46. The van der Waals surface area contributed by atoms with Gasteiger partial charge >= 0.3 is 0 Å². The third-order valence-corrected chi connectivity index (χ3v) is 3.44. The van der Waals surface area contributed by atoms with Crippen molar-refractivity contribution in [3.05, 3.63) is 59.4 Å². The average molecular weight is 347 g/mol. The number of halogens is 1. The number of hydrogen-bond donors (Lipinski definition) is 2. The maximum absolute atomic E-state index is 5.85. The third kappa shape index (κ3) is 6.87. The molecule has 2 aromatic rings. The van der Waals surface area contributed by atoms with Crippen LogP contribution in [0.25, 0.3) is 0 Å². The van der Waals surface area contributed by atoms with Crippen molar-refractivity contribution in [3.8, 4) is 5.75 Å². The highest BCUT2D eigenvalue weighted by molar-refractivity contribution is 6.30. The maximum atomic E-state index is 5.85. The molecule has 0 spiro atoms. The van der Waals surface area contributed by atoms with Crippen LogP contribution in [0.5, 0.6) is 5.75 Å². The normalized spacial score (nSPS) is 11.2.